The number of nitrogens with one attached hydrogen (secondary N) is 1. The average molecular weight is 359 g/mol. The minimum absolute atomic E-state index is 0.344. The van der Waals surface area contributed by atoms with Crippen molar-refractivity contribution in [1.29, 1.82) is 0 Å². The van der Waals surface area contributed by atoms with Crippen LogP contribution in [0.3, 0.4) is 0 Å². The number of hydrogen-bond donors (Lipinski definition) is 2. The molecule has 1 heterocycles. The van der Waals surface area contributed by atoms with Gasteiger partial charge in [-0.15, -0.1) is 0 Å². The summed E-state index contributed by atoms with van der Waals surface area (Å²) in [6, 6.07) is 13.9. The zero-order chi connectivity index (χ0) is 17.8. The Morgan fingerprint density at radius 3 is 2.92 bits per heavy atom. The molecule has 4 nitrogen and oxygen atoms in total. The van der Waals surface area contributed by atoms with Gasteiger partial charge in [-0.3, -0.25) is 4.79 Å². The fraction of sp³-hybridized carbons (Fsp3) is 0.350. The molecule has 1 aliphatic rings. The number of carbonyl (C=O) groups excluding carboxylic acids is 1. The van der Waals surface area contributed by atoms with Gasteiger partial charge < -0.3 is 15.8 Å². The maximum Gasteiger partial charge on any atom is 0.234 e. The molecule has 2 atom stereocenters. The molecule has 0 radical (unpaired) electrons. The topological polar surface area (TPSA) is 64.3 Å². The summed E-state index contributed by atoms with van der Waals surface area (Å²) in [5.41, 5.74) is 8.90. The Labute approximate surface area is 153 Å². The molecule has 5 heteroatoms. The largest absolute Gasteiger partial charge is 0.493 e. The molecule has 1 amide bonds. The summed E-state index contributed by atoms with van der Waals surface area (Å²) >= 11 is 6.06. The minimum atomic E-state index is -0.344. The van der Waals surface area contributed by atoms with Gasteiger partial charge in [-0.25, -0.2) is 0 Å². The third-order valence-corrected chi connectivity index (χ3v) is 4.90. The van der Waals surface area contributed by atoms with Crippen molar-refractivity contribution in [1.82, 2.24) is 5.32 Å². The van der Waals surface area contributed by atoms with E-state index in [0.29, 0.717) is 19.1 Å². The molecule has 0 aliphatic carbocycles. The lowest BCUT2D eigenvalue weighted by atomic mass is 9.93. The first kappa shape index (κ1) is 17.8. The quantitative estimate of drug-likeness (QED) is 0.797. The summed E-state index contributed by atoms with van der Waals surface area (Å²) in [4.78, 5) is 11.1. The van der Waals surface area contributed by atoms with E-state index in [1.54, 1.807) is 6.92 Å². The first-order chi connectivity index (χ1) is 12.0. The molecule has 0 fully saturated rings. The highest BCUT2D eigenvalue weighted by atomic mass is 35.5. The van der Waals surface area contributed by atoms with E-state index in [0.717, 1.165) is 29.2 Å². The van der Waals surface area contributed by atoms with Gasteiger partial charge in [-0.2, -0.15) is 0 Å². The molecule has 0 saturated carbocycles. The minimum Gasteiger partial charge on any atom is -0.493 e. The van der Waals surface area contributed by atoms with Crippen LogP contribution in [0, 0.1) is 0 Å². The number of primary amides is 1. The van der Waals surface area contributed by atoms with E-state index in [1.807, 2.05) is 30.3 Å². The Morgan fingerprint density at radius 2 is 2.16 bits per heavy atom. The van der Waals surface area contributed by atoms with Gasteiger partial charge in [-0.1, -0.05) is 35.9 Å². The summed E-state index contributed by atoms with van der Waals surface area (Å²) in [6.45, 7) is 3.09. The molecular weight excluding hydrogens is 336 g/mol. The third-order valence-electron chi connectivity index (χ3n) is 4.66. The van der Waals surface area contributed by atoms with Crippen LogP contribution >= 0.6 is 11.6 Å². The van der Waals surface area contributed by atoms with E-state index < -0.39 is 0 Å². The SMILES string of the molecule is CC(NCc1ccc2c(c1)C(CCc1cccc(Cl)c1)CO2)C(N)=O. The second-order valence-electron chi connectivity index (χ2n) is 6.55. The lowest BCUT2D eigenvalue weighted by Crippen LogP contribution is -2.38. The fourth-order valence-corrected chi connectivity index (χ4v) is 3.30. The number of ether oxygens (including phenoxy) is 1. The molecule has 3 rings (SSSR count). The molecule has 25 heavy (non-hydrogen) atoms. The number of carbonyl (C=O) groups is 1. The standard InChI is InChI=1S/C20H23ClN2O2/c1-13(20(22)24)23-11-15-6-8-19-18(10-15)16(12-25-19)7-5-14-3-2-4-17(21)9-14/h2-4,6,8-10,13,16,23H,5,7,11-12H2,1H3,(H2,22,24). The highest BCUT2D eigenvalue weighted by Gasteiger charge is 2.24. The molecule has 132 valence electrons. The molecule has 2 aromatic carbocycles. The first-order valence-electron chi connectivity index (χ1n) is 8.55. The summed E-state index contributed by atoms with van der Waals surface area (Å²) in [5, 5.41) is 3.91. The number of fused-ring (bicyclic) bond motifs is 1. The van der Waals surface area contributed by atoms with Crippen molar-refractivity contribution in [2.45, 2.75) is 38.3 Å². The zero-order valence-corrected chi connectivity index (χ0v) is 15.1. The lowest BCUT2D eigenvalue weighted by Gasteiger charge is -2.12. The maximum atomic E-state index is 11.1. The predicted octanol–water partition coefficient (Wildman–Crippen LogP) is 3.41. The number of amides is 1. The van der Waals surface area contributed by atoms with Crippen molar-refractivity contribution in [2.75, 3.05) is 6.61 Å². The molecular formula is C20H23ClN2O2. The van der Waals surface area contributed by atoms with Crippen molar-refractivity contribution in [3.63, 3.8) is 0 Å². The number of halogens is 1. The molecule has 2 unspecified atom stereocenters. The van der Waals surface area contributed by atoms with Crippen molar-refractivity contribution >= 4 is 17.5 Å². The van der Waals surface area contributed by atoms with Gasteiger partial charge in [0.25, 0.3) is 0 Å². The summed E-state index contributed by atoms with van der Waals surface area (Å²) in [6.07, 6.45) is 1.98. The van der Waals surface area contributed by atoms with E-state index in [-0.39, 0.29) is 11.9 Å². The van der Waals surface area contributed by atoms with Crippen LogP contribution in [0.4, 0.5) is 0 Å². The van der Waals surface area contributed by atoms with Gasteiger partial charge in [0, 0.05) is 23.0 Å². The van der Waals surface area contributed by atoms with E-state index in [4.69, 9.17) is 22.1 Å². The third kappa shape index (κ3) is 4.53. The molecule has 0 saturated heterocycles. The van der Waals surface area contributed by atoms with Crippen LogP contribution in [0.2, 0.25) is 5.02 Å². The molecule has 0 spiro atoms. The summed E-state index contributed by atoms with van der Waals surface area (Å²) in [7, 11) is 0. The zero-order valence-electron chi connectivity index (χ0n) is 14.3. The Kier molecular flexibility index (Phi) is 5.61. The van der Waals surface area contributed by atoms with Gasteiger partial charge in [0.1, 0.15) is 5.75 Å². The van der Waals surface area contributed by atoms with Crippen LogP contribution in [-0.4, -0.2) is 18.6 Å². The highest BCUT2D eigenvalue weighted by molar-refractivity contribution is 6.30. The Bertz CT molecular complexity index is 763. The van der Waals surface area contributed by atoms with Crippen molar-refractivity contribution in [2.24, 2.45) is 5.73 Å². The second-order valence-corrected chi connectivity index (χ2v) is 6.99. The Balaban J connectivity index is 1.64. The normalized spacial score (nSPS) is 17.0. The van der Waals surface area contributed by atoms with E-state index in [9.17, 15) is 4.79 Å². The lowest BCUT2D eigenvalue weighted by molar-refractivity contribution is -0.119. The van der Waals surface area contributed by atoms with Crippen LogP contribution < -0.4 is 15.8 Å². The Morgan fingerprint density at radius 1 is 1.32 bits per heavy atom. The van der Waals surface area contributed by atoms with Crippen LogP contribution in [0.5, 0.6) is 5.75 Å². The smallest absolute Gasteiger partial charge is 0.234 e. The maximum absolute atomic E-state index is 11.1. The highest BCUT2D eigenvalue weighted by Crippen LogP contribution is 2.37. The van der Waals surface area contributed by atoms with Gasteiger partial charge in [0.2, 0.25) is 5.91 Å². The van der Waals surface area contributed by atoms with Gasteiger partial charge >= 0.3 is 0 Å². The molecule has 1 aliphatic heterocycles. The van der Waals surface area contributed by atoms with E-state index in [2.05, 4.69) is 17.4 Å². The van der Waals surface area contributed by atoms with Gasteiger partial charge in [-0.05, 0) is 49.1 Å². The number of hydrogen-bond acceptors (Lipinski definition) is 3. The van der Waals surface area contributed by atoms with E-state index >= 15 is 0 Å². The van der Waals surface area contributed by atoms with Gasteiger partial charge in [0.05, 0.1) is 12.6 Å². The van der Waals surface area contributed by atoms with Crippen molar-refractivity contribution in [3.05, 3.63) is 64.2 Å². The van der Waals surface area contributed by atoms with E-state index in [1.165, 1.54) is 11.1 Å². The Hall–Kier alpha value is -2.04. The first-order valence-corrected chi connectivity index (χ1v) is 8.93. The number of benzene rings is 2. The fourth-order valence-electron chi connectivity index (χ4n) is 3.08. The summed E-state index contributed by atoms with van der Waals surface area (Å²) < 4.78 is 5.82. The number of nitrogens with two attached hydrogens (primary N) is 1. The molecule has 2 aromatic rings. The molecule has 0 bridgehead atoms. The van der Waals surface area contributed by atoms with Crippen molar-refractivity contribution in [3.8, 4) is 5.75 Å². The summed E-state index contributed by atoms with van der Waals surface area (Å²) in [5.74, 6) is 0.995. The number of aryl methyl sites for hydroxylation is 1. The average Bonchev–Trinajstić information content (AvgIpc) is 3.00. The predicted molar refractivity (Wildman–Crippen MR) is 99.9 cm³/mol. The van der Waals surface area contributed by atoms with Crippen LogP contribution in [0.15, 0.2) is 42.5 Å². The van der Waals surface area contributed by atoms with Crippen LogP contribution in [-0.2, 0) is 17.8 Å². The number of rotatable bonds is 7. The molecule has 3 N–H and O–H groups in total. The molecule has 0 aromatic heterocycles. The van der Waals surface area contributed by atoms with Crippen LogP contribution in [0.1, 0.15) is 36.0 Å². The van der Waals surface area contributed by atoms with Crippen LogP contribution in [0.25, 0.3) is 0 Å². The second kappa shape index (κ2) is 7.89. The monoisotopic (exact) mass is 358 g/mol. The van der Waals surface area contributed by atoms with Crippen molar-refractivity contribution < 1.29 is 9.53 Å². The van der Waals surface area contributed by atoms with Gasteiger partial charge in [0.15, 0.2) is 0 Å².